The molecular weight excluding hydrogens is 225 g/mol. The van der Waals surface area contributed by atoms with Crippen molar-refractivity contribution in [3.05, 3.63) is 34.6 Å². The third-order valence-electron chi connectivity index (χ3n) is 3.89. The van der Waals surface area contributed by atoms with E-state index in [-0.39, 0.29) is 17.3 Å². The molecule has 102 valence electrons. The Balaban J connectivity index is 3.22. The Hall–Kier alpha value is -0.890. The summed E-state index contributed by atoms with van der Waals surface area (Å²) in [5, 5.41) is 3.54. The SMILES string of the molecule is CCNC(c1cc(C)c(F)c(C)c1)C(C)(C)CC. The first-order chi connectivity index (χ1) is 8.33. The molecule has 0 saturated carbocycles. The van der Waals surface area contributed by atoms with Crippen molar-refractivity contribution in [1.82, 2.24) is 5.32 Å². The zero-order chi connectivity index (χ0) is 13.9. The van der Waals surface area contributed by atoms with E-state index in [4.69, 9.17) is 0 Å². The summed E-state index contributed by atoms with van der Waals surface area (Å²) in [5.74, 6) is -0.0803. The minimum absolute atomic E-state index is 0.0803. The van der Waals surface area contributed by atoms with E-state index in [2.05, 4.69) is 33.0 Å². The minimum Gasteiger partial charge on any atom is -0.310 e. The zero-order valence-electron chi connectivity index (χ0n) is 12.5. The van der Waals surface area contributed by atoms with Crippen molar-refractivity contribution in [1.29, 1.82) is 0 Å². The van der Waals surface area contributed by atoms with E-state index in [1.165, 1.54) is 5.56 Å². The van der Waals surface area contributed by atoms with Crippen molar-refractivity contribution in [3.8, 4) is 0 Å². The van der Waals surface area contributed by atoms with Crippen LogP contribution in [0.4, 0.5) is 4.39 Å². The van der Waals surface area contributed by atoms with E-state index >= 15 is 0 Å². The van der Waals surface area contributed by atoms with E-state index in [1.54, 1.807) is 0 Å². The number of aryl methyl sites for hydroxylation is 2. The molecule has 1 N–H and O–H groups in total. The number of rotatable bonds is 5. The highest BCUT2D eigenvalue weighted by atomic mass is 19.1. The predicted octanol–water partition coefficient (Wildman–Crippen LogP) is 4.53. The molecule has 1 aromatic rings. The molecule has 0 aliphatic carbocycles. The van der Waals surface area contributed by atoms with Gasteiger partial charge in [0, 0.05) is 6.04 Å². The van der Waals surface area contributed by atoms with Crippen molar-refractivity contribution >= 4 is 0 Å². The molecule has 18 heavy (non-hydrogen) atoms. The number of hydrogen-bond donors (Lipinski definition) is 1. The summed E-state index contributed by atoms with van der Waals surface area (Å²) in [6.45, 7) is 13.4. The largest absolute Gasteiger partial charge is 0.310 e. The molecule has 0 fully saturated rings. The lowest BCUT2D eigenvalue weighted by Gasteiger charge is -2.35. The van der Waals surface area contributed by atoms with Gasteiger partial charge in [-0.15, -0.1) is 0 Å². The highest BCUT2D eigenvalue weighted by Gasteiger charge is 2.29. The molecule has 0 spiro atoms. The Morgan fingerprint density at radius 2 is 1.67 bits per heavy atom. The van der Waals surface area contributed by atoms with Crippen LogP contribution in [0.25, 0.3) is 0 Å². The quantitative estimate of drug-likeness (QED) is 0.810. The number of hydrogen-bond acceptors (Lipinski definition) is 1. The van der Waals surface area contributed by atoms with Crippen molar-refractivity contribution in [2.75, 3.05) is 6.54 Å². The van der Waals surface area contributed by atoms with Gasteiger partial charge in [0.15, 0.2) is 0 Å². The van der Waals surface area contributed by atoms with Crippen molar-refractivity contribution in [3.63, 3.8) is 0 Å². The lowest BCUT2D eigenvalue weighted by Crippen LogP contribution is -2.34. The van der Waals surface area contributed by atoms with Gasteiger partial charge in [0.25, 0.3) is 0 Å². The average molecular weight is 251 g/mol. The Bertz CT molecular complexity index is 387. The molecule has 0 aliphatic rings. The molecular formula is C16H26FN. The Morgan fingerprint density at radius 1 is 1.17 bits per heavy atom. The fourth-order valence-electron chi connectivity index (χ4n) is 2.40. The van der Waals surface area contributed by atoms with Crippen LogP contribution in [-0.2, 0) is 0 Å². The maximum atomic E-state index is 13.7. The average Bonchev–Trinajstić information content (AvgIpc) is 2.32. The molecule has 1 aromatic carbocycles. The van der Waals surface area contributed by atoms with E-state index in [9.17, 15) is 4.39 Å². The molecule has 0 aromatic heterocycles. The second kappa shape index (κ2) is 5.83. The normalized spacial score (nSPS) is 13.7. The van der Waals surface area contributed by atoms with Gasteiger partial charge in [0.2, 0.25) is 0 Å². The first kappa shape index (κ1) is 15.2. The summed E-state index contributed by atoms with van der Waals surface area (Å²) in [6.07, 6.45) is 1.08. The smallest absolute Gasteiger partial charge is 0.129 e. The number of benzene rings is 1. The summed E-state index contributed by atoms with van der Waals surface area (Å²) in [6, 6.07) is 4.23. The number of halogens is 1. The molecule has 0 saturated heterocycles. The van der Waals surface area contributed by atoms with Crippen molar-refractivity contribution in [2.24, 2.45) is 5.41 Å². The third-order valence-corrected chi connectivity index (χ3v) is 3.89. The van der Waals surface area contributed by atoms with Gasteiger partial charge in [-0.25, -0.2) is 4.39 Å². The van der Waals surface area contributed by atoms with Crippen molar-refractivity contribution < 1.29 is 4.39 Å². The second-order valence-corrected chi connectivity index (χ2v) is 5.80. The van der Waals surface area contributed by atoms with Crippen LogP contribution in [0.2, 0.25) is 0 Å². The zero-order valence-corrected chi connectivity index (χ0v) is 12.5. The number of nitrogens with one attached hydrogen (secondary N) is 1. The summed E-state index contributed by atoms with van der Waals surface area (Å²) in [7, 11) is 0. The van der Waals surface area contributed by atoms with Gasteiger partial charge in [0.1, 0.15) is 5.82 Å². The molecule has 2 heteroatoms. The molecule has 1 unspecified atom stereocenters. The molecule has 0 amide bonds. The van der Waals surface area contributed by atoms with Crippen LogP contribution in [0.5, 0.6) is 0 Å². The summed E-state index contributed by atoms with van der Waals surface area (Å²) < 4.78 is 13.7. The summed E-state index contributed by atoms with van der Waals surface area (Å²) >= 11 is 0. The van der Waals surface area contributed by atoms with Crippen LogP contribution in [0.15, 0.2) is 12.1 Å². The van der Waals surface area contributed by atoms with Gasteiger partial charge >= 0.3 is 0 Å². The predicted molar refractivity (Wildman–Crippen MR) is 76.4 cm³/mol. The Morgan fingerprint density at radius 3 is 2.06 bits per heavy atom. The Kier molecular flexibility index (Phi) is 4.92. The summed E-state index contributed by atoms with van der Waals surface area (Å²) in [4.78, 5) is 0. The lowest BCUT2D eigenvalue weighted by atomic mass is 9.77. The van der Waals surface area contributed by atoms with Crippen LogP contribution in [0.1, 0.15) is 56.8 Å². The van der Waals surface area contributed by atoms with Crippen LogP contribution >= 0.6 is 0 Å². The second-order valence-electron chi connectivity index (χ2n) is 5.80. The van der Waals surface area contributed by atoms with Gasteiger partial charge < -0.3 is 5.32 Å². The van der Waals surface area contributed by atoms with E-state index in [0.29, 0.717) is 0 Å². The van der Waals surface area contributed by atoms with Crippen LogP contribution < -0.4 is 5.32 Å². The minimum atomic E-state index is -0.0803. The van der Waals surface area contributed by atoms with Crippen LogP contribution in [0.3, 0.4) is 0 Å². The maximum absolute atomic E-state index is 13.7. The van der Waals surface area contributed by atoms with E-state index in [0.717, 1.165) is 24.1 Å². The van der Waals surface area contributed by atoms with Gasteiger partial charge in [-0.2, -0.15) is 0 Å². The first-order valence-electron chi connectivity index (χ1n) is 6.83. The summed E-state index contributed by atoms with van der Waals surface area (Å²) in [5.41, 5.74) is 2.83. The van der Waals surface area contributed by atoms with Crippen LogP contribution in [-0.4, -0.2) is 6.54 Å². The fourth-order valence-corrected chi connectivity index (χ4v) is 2.40. The molecule has 0 radical (unpaired) electrons. The molecule has 0 aliphatic heterocycles. The van der Waals surface area contributed by atoms with E-state index < -0.39 is 0 Å². The highest BCUT2D eigenvalue weighted by Crippen LogP contribution is 2.37. The van der Waals surface area contributed by atoms with Gasteiger partial charge in [-0.05, 0) is 48.9 Å². The standard InChI is InChI=1S/C16H26FN/c1-7-16(5,6)15(18-8-2)13-9-11(3)14(17)12(4)10-13/h9-10,15,18H,7-8H2,1-6H3. The van der Waals surface area contributed by atoms with Gasteiger partial charge in [0.05, 0.1) is 0 Å². The lowest BCUT2D eigenvalue weighted by molar-refractivity contribution is 0.237. The van der Waals surface area contributed by atoms with Crippen LogP contribution in [0, 0.1) is 25.1 Å². The molecule has 0 heterocycles. The van der Waals surface area contributed by atoms with Gasteiger partial charge in [-0.3, -0.25) is 0 Å². The molecule has 0 bridgehead atoms. The highest BCUT2D eigenvalue weighted by molar-refractivity contribution is 5.33. The third kappa shape index (κ3) is 3.11. The first-order valence-corrected chi connectivity index (χ1v) is 6.83. The topological polar surface area (TPSA) is 12.0 Å². The van der Waals surface area contributed by atoms with E-state index in [1.807, 2.05) is 26.0 Å². The molecule has 1 nitrogen and oxygen atoms in total. The maximum Gasteiger partial charge on any atom is 0.129 e. The van der Waals surface area contributed by atoms with Gasteiger partial charge in [-0.1, -0.05) is 39.8 Å². The van der Waals surface area contributed by atoms with Crippen molar-refractivity contribution in [2.45, 2.75) is 54.0 Å². The Labute approximate surface area is 111 Å². The molecule has 1 atom stereocenters. The fraction of sp³-hybridized carbons (Fsp3) is 0.625. The molecule has 1 rings (SSSR count). The monoisotopic (exact) mass is 251 g/mol.